The molecule has 7 nitrogen and oxygen atoms in total. The van der Waals surface area contributed by atoms with Gasteiger partial charge in [0.2, 0.25) is 5.91 Å². The number of guanidine groups is 1. The van der Waals surface area contributed by atoms with Gasteiger partial charge in [0.15, 0.2) is 5.96 Å². The predicted octanol–water partition coefficient (Wildman–Crippen LogP) is 1.15. The van der Waals surface area contributed by atoms with Gasteiger partial charge in [-0.05, 0) is 18.4 Å². The largest absolute Gasteiger partial charge is 0.379 e. The van der Waals surface area contributed by atoms with Gasteiger partial charge in [0.1, 0.15) is 0 Å². The van der Waals surface area contributed by atoms with Crippen molar-refractivity contribution in [2.24, 2.45) is 4.99 Å². The van der Waals surface area contributed by atoms with Crippen LogP contribution in [0.2, 0.25) is 0 Å². The number of hydrogen-bond donors (Lipinski definition) is 2. The standard InChI is InChI=1S/C18H31N5O2S/c1-4-19-18(20-8-7-17(24)22(2)3)21-14-15(16-6-5-13-26-16)23-9-11-25-12-10-23/h5-6,13,15H,4,7-12,14H2,1-3H3,(H2,19,20,21). The van der Waals surface area contributed by atoms with Gasteiger partial charge in [-0.3, -0.25) is 14.7 Å². The van der Waals surface area contributed by atoms with E-state index in [1.807, 2.05) is 6.92 Å². The van der Waals surface area contributed by atoms with E-state index < -0.39 is 0 Å². The Kier molecular flexibility index (Phi) is 8.87. The average Bonchev–Trinajstić information content (AvgIpc) is 3.17. The highest BCUT2D eigenvalue weighted by Crippen LogP contribution is 2.26. The van der Waals surface area contributed by atoms with Crippen LogP contribution in [0.15, 0.2) is 22.5 Å². The second-order valence-electron chi connectivity index (χ2n) is 6.36. The second kappa shape index (κ2) is 11.2. The normalized spacial score (nSPS) is 17.0. The van der Waals surface area contributed by atoms with E-state index in [9.17, 15) is 4.79 Å². The first kappa shape index (κ1) is 20.7. The molecule has 1 aliphatic rings. The zero-order valence-corrected chi connectivity index (χ0v) is 16.8. The third-order valence-corrected chi connectivity index (χ3v) is 5.23. The van der Waals surface area contributed by atoms with Crippen molar-refractivity contribution in [3.8, 4) is 0 Å². The fourth-order valence-electron chi connectivity index (χ4n) is 2.79. The van der Waals surface area contributed by atoms with Crippen LogP contribution in [0.5, 0.6) is 0 Å². The molecule has 1 saturated heterocycles. The smallest absolute Gasteiger partial charge is 0.223 e. The molecular weight excluding hydrogens is 350 g/mol. The fraction of sp³-hybridized carbons (Fsp3) is 0.667. The fourth-order valence-corrected chi connectivity index (χ4v) is 3.64. The number of amides is 1. The Morgan fingerprint density at radius 3 is 2.77 bits per heavy atom. The molecule has 0 spiro atoms. The summed E-state index contributed by atoms with van der Waals surface area (Å²) in [6.45, 7) is 7.49. The van der Waals surface area contributed by atoms with E-state index in [4.69, 9.17) is 9.73 Å². The lowest BCUT2D eigenvalue weighted by Crippen LogP contribution is -2.42. The second-order valence-corrected chi connectivity index (χ2v) is 7.34. The summed E-state index contributed by atoms with van der Waals surface area (Å²) < 4.78 is 5.49. The summed E-state index contributed by atoms with van der Waals surface area (Å²) in [6.07, 6.45) is 0.454. The van der Waals surface area contributed by atoms with Crippen molar-refractivity contribution < 1.29 is 9.53 Å². The Hall–Kier alpha value is -1.64. The van der Waals surface area contributed by atoms with E-state index >= 15 is 0 Å². The molecule has 1 unspecified atom stereocenters. The molecule has 0 aromatic carbocycles. The van der Waals surface area contributed by atoms with Gasteiger partial charge in [0, 0.05) is 51.6 Å². The van der Waals surface area contributed by atoms with Crippen LogP contribution in [0.4, 0.5) is 0 Å². The molecule has 1 aromatic heterocycles. The van der Waals surface area contributed by atoms with Crippen LogP contribution >= 0.6 is 11.3 Å². The van der Waals surface area contributed by atoms with Crippen molar-refractivity contribution in [2.75, 3.05) is 60.0 Å². The first-order chi connectivity index (χ1) is 12.6. The highest BCUT2D eigenvalue weighted by Gasteiger charge is 2.23. The van der Waals surface area contributed by atoms with Gasteiger partial charge >= 0.3 is 0 Å². The number of aliphatic imine (C=N–C) groups is 1. The van der Waals surface area contributed by atoms with Gasteiger partial charge in [-0.25, -0.2) is 0 Å². The molecule has 26 heavy (non-hydrogen) atoms. The molecule has 2 rings (SSSR count). The zero-order chi connectivity index (χ0) is 18.8. The summed E-state index contributed by atoms with van der Waals surface area (Å²) in [5.41, 5.74) is 0. The summed E-state index contributed by atoms with van der Waals surface area (Å²) in [6, 6.07) is 4.53. The monoisotopic (exact) mass is 381 g/mol. The Bertz CT molecular complexity index is 556. The Balaban J connectivity index is 1.97. The molecule has 146 valence electrons. The van der Waals surface area contributed by atoms with Gasteiger partial charge in [-0.2, -0.15) is 0 Å². The zero-order valence-electron chi connectivity index (χ0n) is 16.0. The van der Waals surface area contributed by atoms with E-state index in [1.165, 1.54) is 4.88 Å². The van der Waals surface area contributed by atoms with Crippen LogP contribution in [-0.2, 0) is 9.53 Å². The highest BCUT2D eigenvalue weighted by molar-refractivity contribution is 7.10. The molecule has 1 atom stereocenters. The topological polar surface area (TPSA) is 69.2 Å². The van der Waals surface area contributed by atoms with E-state index in [2.05, 4.69) is 33.0 Å². The Morgan fingerprint density at radius 1 is 1.38 bits per heavy atom. The summed E-state index contributed by atoms with van der Waals surface area (Å²) in [7, 11) is 3.55. The number of nitrogens with zero attached hydrogens (tertiary/aromatic N) is 3. The van der Waals surface area contributed by atoms with Gasteiger partial charge in [0.25, 0.3) is 0 Å². The molecule has 2 N–H and O–H groups in total. The lowest BCUT2D eigenvalue weighted by atomic mass is 10.2. The molecule has 1 amide bonds. The van der Waals surface area contributed by atoms with Crippen LogP contribution in [-0.4, -0.2) is 81.7 Å². The minimum Gasteiger partial charge on any atom is -0.379 e. The van der Waals surface area contributed by atoms with Crippen LogP contribution in [0, 0.1) is 0 Å². The average molecular weight is 382 g/mol. The van der Waals surface area contributed by atoms with Crippen molar-refractivity contribution in [3.05, 3.63) is 22.4 Å². The molecule has 0 bridgehead atoms. The first-order valence-electron chi connectivity index (χ1n) is 9.19. The number of rotatable bonds is 8. The van der Waals surface area contributed by atoms with Crippen molar-refractivity contribution >= 4 is 23.2 Å². The number of hydrogen-bond acceptors (Lipinski definition) is 5. The highest BCUT2D eigenvalue weighted by atomic mass is 32.1. The summed E-state index contributed by atoms with van der Waals surface area (Å²) in [5, 5.41) is 8.64. The Labute approximate surface area is 160 Å². The summed E-state index contributed by atoms with van der Waals surface area (Å²) in [4.78, 5) is 21.9. The molecule has 0 radical (unpaired) electrons. The quantitative estimate of drug-likeness (QED) is 0.522. The number of nitrogens with one attached hydrogen (secondary N) is 2. The van der Waals surface area contributed by atoms with Crippen molar-refractivity contribution in [3.63, 3.8) is 0 Å². The van der Waals surface area contributed by atoms with Gasteiger partial charge < -0.3 is 20.3 Å². The van der Waals surface area contributed by atoms with E-state index in [1.54, 1.807) is 30.3 Å². The summed E-state index contributed by atoms with van der Waals surface area (Å²) >= 11 is 1.77. The van der Waals surface area contributed by atoms with Gasteiger partial charge in [-0.1, -0.05) is 6.07 Å². The van der Waals surface area contributed by atoms with Crippen molar-refractivity contribution in [1.82, 2.24) is 20.4 Å². The van der Waals surface area contributed by atoms with E-state index in [0.717, 1.165) is 38.8 Å². The van der Waals surface area contributed by atoms with Crippen LogP contribution in [0.1, 0.15) is 24.3 Å². The molecule has 0 aliphatic carbocycles. The number of carbonyl (C=O) groups excluding carboxylic acids is 1. The third kappa shape index (κ3) is 6.59. The van der Waals surface area contributed by atoms with Crippen LogP contribution in [0.25, 0.3) is 0 Å². The van der Waals surface area contributed by atoms with Crippen molar-refractivity contribution in [2.45, 2.75) is 19.4 Å². The predicted molar refractivity (Wildman–Crippen MR) is 107 cm³/mol. The van der Waals surface area contributed by atoms with Gasteiger partial charge in [-0.15, -0.1) is 11.3 Å². The Morgan fingerprint density at radius 2 is 2.15 bits per heavy atom. The number of ether oxygens (including phenoxy) is 1. The first-order valence-corrected chi connectivity index (χ1v) is 10.1. The van der Waals surface area contributed by atoms with Crippen LogP contribution < -0.4 is 10.6 Å². The molecule has 8 heteroatoms. The molecule has 0 saturated carbocycles. The maximum Gasteiger partial charge on any atom is 0.223 e. The lowest BCUT2D eigenvalue weighted by Gasteiger charge is -2.33. The molecule has 2 heterocycles. The minimum absolute atomic E-state index is 0.109. The van der Waals surface area contributed by atoms with E-state index in [0.29, 0.717) is 19.5 Å². The van der Waals surface area contributed by atoms with Gasteiger partial charge in [0.05, 0.1) is 25.8 Å². The number of morpholine rings is 1. The SMILES string of the molecule is CCNC(=NCC(c1cccs1)N1CCOCC1)NCCC(=O)N(C)C. The molecule has 1 aliphatic heterocycles. The minimum atomic E-state index is 0.109. The number of thiophene rings is 1. The molecular formula is C18H31N5O2S. The summed E-state index contributed by atoms with van der Waals surface area (Å²) in [5.74, 6) is 0.868. The third-order valence-electron chi connectivity index (χ3n) is 4.25. The van der Waals surface area contributed by atoms with Crippen molar-refractivity contribution in [1.29, 1.82) is 0 Å². The maximum absolute atomic E-state index is 11.7. The lowest BCUT2D eigenvalue weighted by molar-refractivity contribution is -0.128. The van der Waals surface area contributed by atoms with E-state index in [-0.39, 0.29) is 11.9 Å². The molecule has 1 fully saturated rings. The van der Waals surface area contributed by atoms with Crippen LogP contribution in [0.3, 0.4) is 0 Å². The molecule has 1 aromatic rings. The number of carbonyl (C=O) groups is 1. The maximum atomic E-state index is 11.7.